The Morgan fingerprint density at radius 1 is 1.48 bits per heavy atom. The van der Waals surface area contributed by atoms with Crippen molar-refractivity contribution in [1.29, 1.82) is 0 Å². The predicted octanol–water partition coefficient (Wildman–Crippen LogP) is 3.95. The van der Waals surface area contributed by atoms with Gasteiger partial charge in [-0.3, -0.25) is 4.79 Å². The Hall–Kier alpha value is -1.43. The van der Waals surface area contributed by atoms with Crippen LogP contribution in [0.15, 0.2) is 24.3 Å². The minimum atomic E-state index is 0.0553. The molecule has 1 aromatic carbocycles. The Bertz CT molecular complexity index is 630. The maximum absolute atomic E-state index is 11.1. The molecule has 0 saturated heterocycles. The topological polar surface area (TPSA) is 42.4 Å². The Kier molecular flexibility index (Phi) is 5.33. The molecule has 1 atom stereocenters. The van der Waals surface area contributed by atoms with E-state index in [2.05, 4.69) is 11.9 Å². The number of ether oxygens (including phenoxy) is 1. The summed E-state index contributed by atoms with van der Waals surface area (Å²) in [6.07, 6.45) is 0.823. The number of methoxy groups -OCH3 is 1. The summed E-state index contributed by atoms with van der Waals surface area (Å²) in [6, 6.07) is 7.79. The first-order valence-corrected chi connectivity index (χ1v) is 7.69. The summed E-state index contributed by atoms with van der Waals surface area (Å²) in [6.45, 7) is 2.39. The van der Waals surface area contributed by atoms with Crippen LogP contribution in [-0.2, 0) is 11.3 Å². The monoisotopic (exact) mass is 324 g/mol. The fraction of sp³-hybridized carbons (Fsp3) is 0.333. The van der Waals surface area contributed by atoms with Gasteiger partial charge in [-0.1, -0.05) is 41.1 Å². The van der Waals surface area contributed by atoms with E-state index in [0.29, 0.717) is 17.2 Å². The van der Waals surface area contributed by atoms with Crippen molar-refractivity contribution in [3.8, 4) is 0 Å². The standard InChI is InChI=1S/C15H17ClN2O2S/c1-10(11-6-4-5-7-12(11)16)18(2)15-17-13(9-20-3)14(8-19)21-15/h4-8,10H,9H2,1-3H3. The average Bonchev–Trinajstić information content (AvgIpc) is 2.90. The van der Waals surface area contributed by atoms with Crippen molar-refractivity contribution in [3.05, 3.63) is 45.4 Å². The number of thiazole rings is 1. The Labute approximate surface area is 133 Å². The lowest BCUT2D eigenvalue weighted by Gasteiger charge is -2.25. The van der Waals surface area contributed by atoms with Crippen molar-refractivity contribution in [2.45, 2.75) is 19.6 Å². The highest BCUT2D eigenvalue weighted by Crippen LogP contribution is 2.33. The van der Waals surface area contributed by atoms with E-state index >= 15 is 0 Å². The molecule has 0 bridgehead atoms. The first-order chi connectivity index (χ1) is 10.1. The van der Waals surface area contributed by atoms with E-state index in [4.69, 9.17) is 16.3 Å². The van der Waals surface area contributed by atoms with E-state index in [0.717, 1.165) is 22.0 Å². The van der Waals surface area contributed by atoms with Crippen LogP contribution < -0.4 is 4.90 Å². The van der Waals surface area contributed by atoms with Gasteiger partial charge in [-0.25, -0.2) is 4.98 Å². The van der Waals surface area contributed by atoms with Crippen LogP contribution in [0.2, 0.25) is 5.02 Å². The molecule has 2 rings (SSSR count). The van der Waals surface area contributed by atoms with Crippen molar-refractivity contribution >= 4 is 34.4 Å². The van der Waals surface area contributed by atoms with Gasteiger partial charge in [0.2, 0.25) is 0 Å². The van der Waals surface area contributed by atoms with Gasteiger partial charge in [-0.2, -0.15) is 0 Å². The molecule has 0 spiro atoms. The second-order valence-corrected chi connectivity index (χ2v) is 6.08. The highest BCUT2D eigenvalue weighted by atomic mass is 35.5. The Morgan fingerprint density at radius 3 is 2.81 bits per heavy atom. The normalized spacial score (nSPS) is 12.2. The first kappa shape index (κ1) is 15.9. The van der Waals surface area contributed by atoms with Gasteiger partial charge < -0.3 is 9.64 Å². The number of aldehydes is 1. The third-order valence-corrected chi connectivity index (χ3v) is 4.80. The summed E-state index contributed by atoms with van der Waals surface area (Å²) >= 11 is 7.60. The Balaban J connectivity index is 2.29. The summed E-state index contributed by atoms with van der Waals surface area (Å²) in [7, 11) is 3.53. The van der Waals surface area contributed by atoms with Gasteiger partial charge in [0.25, 0.3) is 0 Å². The van der Waals surface area contributed by atoms with E-state index in [1.807, 2.05) is 36.2 Å². The third kappa shape index (κ3) is 3.43. The maximum atomic E-state index is 11.1. The van der Waals surface area contributed by atoms with Crippen LogP contribution >= 0.6 is 22.9 Å². The first-order valence-electron chi connectivity index (χ1n) is 6.49. The second kappa shape index (κ2) is 7.02. The molecule has 0 fully saturated rings. The lowest BCUT2D eigenvalue weighted by molar-refractivity contribution is 0.112. The highest BCUT2D eigenvalue weighted by molar-refractivity contribution is 7.17. The van der Waals surface area contributed by atoms with Crippen LogP contribution in [-0.4, -0.2) is 25.4 Å². The molecule has 1 unspecified atom stereocenters. The maximum Gasteiger partial charge on any atom is 0.186 e. The van der Waals surface area contributed by atoms with Crippen molar-refractivity contribution < 1.29 is 9.53 Å². The van der Waals surface area contributed by atoms with E-state index in [-0.39, 0.29) is 6.04 Å². The van der Waals surface area contributed by atoms with Crippen LogP contribution in [0.25, 0.3) is 0 Å². The third-order valence-electron chi connectivity index (χ3n) is 3.34. The number of halogens is 1. The molecule has 1 heterocycles. The fourth-order valence-corrected chi connectivity index (χ4v) is 3.24. The largest absolute Gasteiger partial charge is 0.378 e. The number of hydrogen-bond acceptors (Lipinski definition) is 5. The number of anilines is 1. The summed E-state index contributed by atoms with van der Waals surface area (Å²) in [5.41, 5.74) is 1.70. The predicted molar refractivity (Wildman–Crippen MR) is 86.5 cm³/mol. The smallest absolute Gasteiger partial charge is 0.186 e. The number of carbonyl (C=O) groups excluding carboxylic acids is 1. The van der Waals surface area contributed by atoms with Gasteiger partial charge in [0.05, 0.1) is 23.2 Å². The lowest BCUT2D eigenvalue weighted by Crippen LogP contribution is -2.21. The number of carbonyl (C=O) groups is 1. The number of aromatic nitrogens is 1. The van der Waals surface area contributed by atoms with Crippen LogP contribution in [0.4, 0.5) is 5.13 Å². The molecule has 2 aromatic rings. The molecule has 0 radical (unpaired) electrons. The summed E-state index contributed by atoms with van der Waals surface area (Å²) in [5, 5.41) is 1.50. The molecule has 4 nitrogen and oxygen atoms in total. The zero-order valence-electron chi connectivity index (χ0n) is 12.2. The number of hydrogen-bond donors (Lipinski definition) is 0. The molecule has 0 aliphatic rings. The van der Waals surface area contributed by atoms with E-state index in [9.17, 15) is 4.79 Å². The molecule has 0 saturated carbocycles. The van der Waals surface area contributed by atoms with Crippen LogP contribution in [0.3, 0.4) is 0 Å². The van der Waals surface area contributed by atoms with Crippen molar-refractivity contribution in [2.75, 3.05) is 19.1 Å². The van der Waals surface area contributed by atoms with Crippen molar-refractivity contribution in [3.63, 3.8) is 0 Å². The van der Waals surface area contributed by atoms with Gasteiger partial charge in [-0.05, 0) is 18.6 Å². The van der Waals surface area contributed by atoms with E-state index in [1.165, 1.54) is 11.3 Å². The second-order valence-electron chi connectivity index (χ2n) is 4.67. The fourth-order valence-electron chi connectivity index (χ4n) is 2.02. The van der Waals surface area contributed by atoms with Crippen molar-refractivity contribution in [2.24, 2.45) is 0 Å². The summed E-state index contributed by atoms with van der Waals surface area (Å²) in [5.74, 6) is 0. The molecule has 1 aromatic heterocycles. The quantitative estimate of drug-likeness (QED) is 0.754. The Morgan fingerprint density at radius 2 is 2.19 bits per heavy atom. The molecule has 0 amide bonds. The molecule has 112 valence electrons. The number of nitrogens with zero attached hydrogens (tertiary/aromatic N) is 2. The summed E-state index contributed by atoms with van der Waals surface area (Å²) in [4.78, 5) is 18.2. The van der Waals surface area contributed by atoms with Gasteiger partial charge in [0.1, 0.15) is 0 Å². The van der Waals surface area contributed by atoms with Crippen LogP contribution in [0.5, 0.6) is 0 Å². The highest BCUT2D eigenvalue weighted by Gasteiger charge is 2.20. The van der Waals surface area contributed by atoms with Gasteiger partial charge in [0.15, 0.2) is 11.4 Å². The molecular formula is C15H17ClN2O2S. The van der Waals surface area contributed by atoms with Gasteiger partial charge in [0, 0.05) is 19.2 Å². The van der Waals surface area contributed by atoms with Crippen LogP contribution in [0, 0.1) is 0 Å². The van der Waals surface area contributed by atoms with Crippen LogP contribution in [0.1, 0.15) is 33.9 Å². The lowest BCUT2D eigenvalue weighted by atomic mass is 10.1. The average molecular weight is 325 g/mol. The summed E-state index contributed by atoms with van der Waals surface area (Å²) < 4.78 is 5.07. The molecule has 0 N–H and O–H groups in total. The van der Waals surface area contributed by atoms with E-state index < -0.39 is 0 Å². The molecular weight excluding hydrogens is 308 g/mol. The van der Waals surface area contributed by atoms with Crippen molar-refractivity contribution in [1.82, 2.24) is 4.98 Å². The molecule has 0 aliphatic carbocycles. The zero-order chi connectivity index (χ0) is 15.4. The number of rotatable bonds is 6. The molecule has 6 heteroatoms. The zero-order valence-corrected chi connectivity index (χ0v) is 13.7. The van der Waals surface area contributed by atoms with E-state index in [1.54, 1.807) is 7.11 Å². The number of benzene rings is 1. The SMILES string of the molecule is COCc1nc(N(C)C(C)c2ccccc2Cl)sc1C=O. The minimum absolute atomic E-state index is 0.0553. The molecule has 21 heavy (non-hydrogen) atoms. The van der Waals surface area contributed by atoms with Gasteiger partial charge >= 0.3 is 0 Å². The molecule has 0 aliphatic heterocycles. The van der Waals surface area contributed by atoms with Gasteiger partial charge in [-0.15, -0.1) is 0 Å². The minimum Gasteiger partial charge on any atom is -0.378 e.